The molecule has 0 bridgehead atoms. The Labute approximate surface area is 126 Å². The summed E-state index contributed by atoms with van der Waals surface area (Å²) in [5, 5.41) is 3.07. The Hall–Kier alpha value is -1.10. The molecule has 20 heavy (non-hydrogen) atoms. The van der Waals surface area contributed by atoms with E-state index in [-0.39, 0.29) is 31.0 Å². The van der Waals surface area contributed by atoms with Crippen LogP contribution in [0.5, 0.6) is 0 Å². The number of ether oxygens (including phenoxy) is 1. The third-order valence-corrected chi connectivity index (χ3v) is 3.81. The molecule has 3 N–H and O–H groups in total. The number of carbonyl (C=O) groups excluding carboxylic acids is 1. The molecule has 0 spiro atoms. The maximum Gasteiger partial charge on any atom is 0.239 e. The maximum atomic E-state index is 12.0. The van der Waals surface area contributed by atoms with Crippen molar-refractivity contribution in [3.63, 3.8) is 0 Å². The summed E-state index contributed by atoms with van der Waals surface area (Å²) < 4.78 is 4.92. The number of fused-ring (bicyclic) bond motifs is 1. The number of aryl methyl sites for hydroxylation is 1. The van der Waals surface area contributed by atoms with Crippen LogP contribution in [0.2, 0.25) is 0 Å². The maximum absolute atomic E-state index is 12.0. The third-order valence-electron chi connectivity index (χ3n) is 3.81. The first kappa shape index (κ1) is 17.0. The van der Waals surface area contributed by atoms with Crippen molar-refractivity contribution in [2.45, 2.75) is 31.8 Å². The summed E-state index contributed by atoms with van der Waals surface area (Å²) >= 11 is 0. The molecule has 0 saturated heterocycles. The van der Waals surface area contributed by atoms with E-state index in [0.717, 1.165) is 12.8 Å². The Morgan fingerprint density at radius 3 is 2.90 bits per heavy atom. The molecule has 3 unspecified atom stereocenters. The lowest BCUT2D eigenvalue weighted by atomic mass is 9.80. The van der Waals surface area contributed by atoms with E-state index in [1.165, 1.54) is 11.1 Å². The minimum atomic E-state index is -0.605. The molecule has 1 aromatic rings. The highest BCUT2D eigenvalue weighted by Crippen LogP contribution is 2.33. The smallest absolute Gasteiger partial charge is 0.239 e. The fourth-order valence-corrected chi connectivity index (χ4v) is 2.66. The minimum absolute atomic E-state index is 0. The van der Waals surface area contributed by atoms with Crippen molar-refractivity contribution in [1.82, 2.24) is 5.32 Å². The lowest BCUT2D eigenvalue weighted by Gasteiger charge is -2.32. The first-order valence-electron chi connectivity index (χ1n) is 6.76. The van der Waals surface area contributed by atoms with Crippen LogP contribution in [0.4, 0.5) is 0 Å². The van der Waals surface area contributed by atoms with Gasteiger partial charge in [-0.2, -0.15) is 0 Å². The Balaban J connectivity index is 0.00000200. The Bertz CT molecular complexity index is 453. The monoisotopic (exact) mass is 298 g/mol. The van der Waals surface area contributed by atoms with Crippen molar-refractivity contribution >= 4 is 18.3 Å². The van der Waals surface area contributed by atoms with Crippen LogP contribution in [0.25, 0.3) is 0 Å². The molecule has 1 aliphatic carbocycles. The van der Waals surface area contributed by atoms with Crippen molar-refractivity contribution in [3.05, 3.63) is 35.4 Å². The lowest BCUT2D eigenvalue weighted by Crippen LogP contribution is -2.46. The largest absolute Gasteiger partial charge is 0.383 e. The Kier molecular flexibility index (Phi) is 6.46. The van der Waals surface area contributed by atoms with Crippen LogP contribution in [-0.2, 0) is 16.0 Å². The van der Waals surface area contributed by atoms with Crippen LogP contribution < -0.4 is 11.1 Å². The van der Waals surface area contributed by atoms with Gasteiger partial charge in [-0.25, -0.2) is 0 Å². The molecule has 0 saturated carbocycles. The zero-order chi connectivity index (χ0) is 13.8. The van der Waals surface area contributed by atoms with Crippen molar-refractivity contribution in [2.75, 3.05) is 13.7 Å². The van der Waals surface area contributed by atoms with Crippen LogP contribution in [0.3, 0.4) is 0 Å². The SMILES string of the molecule is COCC(N)C(=O)NC1c2ccccc2CCC1C.Cl. The summed E-state index contributed by atoms with van der Waals surface area (Å²) in [7, 11) is 1.55. The lowest BCUT2D eigenvalue weighted by molar-refractivity contribution is -0.124. The van der Waals surface area contributed by atoms with E-state index in [9.17, 15) is 4.79 Å². The van der Waals surface area contributed by atoms with Crippen LogP contribution >= 0.6 is 12.4 Å². The average molecular weight is 299 g/mol. The molecule has 1 aromatic carbocycles. The van der Waals surface area contributed by atoms with Crippen LogP contribution in [0.15, 0.2) is 24.3 Å². The highest BCUT2D eigenvalue weighted by Gasteiger charge is 2.28. The van der Waals surface area contributed by atoms with Gasteiger partial charge in [-0.05, 0) is 29.9 Å². The molecule has 1 aliphatic rings. The van der Waals surface area contributed by atoms with Crippen LogP contribution in [0, 0.1) is 5.92 Å². The van der Waals surface area contributed by atoms with E-state index >= 15 is 0 Å². The normalized spacial score (nSPS) is 22.4. The number of nitrogens with two attached hydrogens (primary N) is 1. The number of nitrogens with one attached hydrogen (secondary N) is 1. The van der Waals surface area contributed by atoms with Crippen molar-refractivity contribution < 1.29 is 9.53 Å². The van der Waals surface area contributed by atoms with Crippen molar-refractivity contribution in [1.29, 1.82) is 0 Å². The van der Waals surface area contributed by atoms with Crippen LogP contribution in [-0.4, -0.2) is 25.7 Å². The van der Waals surface area contributed by atoms with Crippen LogP contribution in [0.1, 0.15) is 30.5 Å². The van der Waals surface area contributed by atoms with Gasteiger partial charge in [0.1, 0.15) is 6.04 Å². The third kappa shape index (κ3) is 3.72. The summed E-state index contributed by atoms with van der Waals surface area (Å²) in [5.41, 5.74) is 8.32. The number of benzene rings is 1. The molecule has 0 radical (unpaired) electrons. The molecule has 0 fully saturated rings. The number of methoxy groups -OCH3 is 1. The van der Waals surface area contributed by atoms with Gasteiger partial charge < -0.3 is 15.8 Å². The fraction of sp³-hybridized carbons (Fsp3) is 0.533. The van der Waals surface area contributed by atoms with Gasteiger partial charge >= 0.3 is 0 Å². The van der Waals surface area contributed by atoms with Gasteiger partial charge in [-0.15, -0.1) is 12.4 Å². The molecular formula is C15H23ClN2O2. The van der Waals surface area contributed by atoms with E-state index in [2.05, 4.69) is 24.4 Å². The first-order valence-corrected chi connectivity index (χ1v) is 6.76. The van der Waals surface area contributed by atoms with Gasteiger partial charge in [0.15, 0.2) is 0 Å². The number of halogens is 1. The Morgan fingerprint density at radius 1 is 1.50 bits per heavy atom. The van der Waals surface area contributed by atoms with E-state index in [1.807, 2.05) is 12.1 Å². The van der Waals surface area contributed by atoms with E-state index < -0.39 is 6.04 Å². The van der Waals surface area contributed by atoms with Gasteiger partial charge in [-0.3, -0.25) is 4.79 Å². The molecule has 0 aliphatic heterocycles. The van der Waals surface area contributed by atoms with Crippen molar-refractivity contribution in [3.8, 4) is 0 Å². The zero-order valence-electron chi connectivity index (χ0n) is 12.0. The van der Waals surface area contributed by atoms with Gasteiger partial charge in [0.25, 0.3) is 0 Å². The number of hydrogen-bond donors (Lipinski definition) is 2. The fourth-order valence-electron chi connectivity index (χ4n) is 2.66. The number of hydrogen-bond acceptors (Lipinski definition) is 3. The van der Waals surface area contributed by atoms with Gasteiger partial charge in [0.05, 0.1) is 12.6 Å². The second-order valence-corrected chi connectivity index (χ2v) is 5.26. The predicted octanol–water partition coefficient (Wildman–Crippen LogP) is 1.82. The van der Waals surface area contributed by atoms with E-state index in [1.54, 1.807) is 7.11 Å². The first-order chi connectivity index (χ1) is 9.13. The molecular weight excluding hydrogens is 276 g/mol. The van der Waals surface area contributed by atoms with E-state index in [4.69, 9.17) is 10.5 Å². The highest BCUT2D eigenvalue weighted by molar-refractivity contribution is 5.85. The summed E-state index contributed by atoms with van der Waals surface area (Å²) in [6.07, 6.45) is 2.16. The Morgan fingerprint density at radius 2 is 2.20 bits per heavy atom. The predicted molar refractivity (Wildman–Crippen MR) is 81.9 cm³/mol. The average Bonchev–Trinajstić information content (AvgIpc) is 2.42. The second kappa shape index (κ2) is 7.62. The molecule has 1 amide bonds. The molecule has 2 rings (SSSR count). The number of rotatable bonds is 4. The van der Waals surface area contributed by atoms with Gasteiger partial charge in [0.2, 0.25) is 5.91 Å². The van der Waals surface area contributed by atoms with Gasteiger partial charge in [0, 0.05) is 7.11 Å². The minimum Gasteiger partial charge on any atom is -0.383 e. The second-order valence-electron chi connectivity index (χ2n) is 5.26. The molecule has 3 atom stereocenters. The number of amides is 1. The zero-order valence-corrected chi connectivity index (χ0v) is 12.8. The highest BCUT2D eigenvalue weighted by atomic mass is 35.5. The quantitative estimate of drug-likeness (QED) is 0.891. The topological polar surface area (TPSA) is 64.3 Å². The number of carbonyl (C=O) groups is 1. The van der Waals surface area contributed by atoms with Crippen molar-refractivity contribution in [2.24, 2.45) is 11.7 Å². The molecule has 5 heteroatoms. The summed E-state index contributed by atoms with van der Waals surface area (Å²) in [5.74, 6) is 0.281. The molecule has 4 nitrogen and oxygen atoms in total. The summed E-state index contributed by atoms with van der Waals surface area (Å²) in [6.45, 7) is 2.41. The van der Waals surface area contributed by atoms with Gasteiger partial charge in [-0.1, -0.05) is 31.2 Å². The molecule has 0 heterocycles. The molecule has 112 valence electrons. The standard InChI is InChI=1S/C15H22N2O2.ClH/c1-10-7-8-11-5-3-4-6-12(11)14(10)17-15(18)13(16)9-19-2;/h3-6,10,13-14H,7-9,16H2,1-2H3,(H,17,18);1H. The summed E-state index contributed by atoms with van der Waals surface area (Å²) in [6, 6.07) is 7.74. The molecule has 0 aromatic heterocycles. The summed E-state index contributed by atoms with van der Waals surface area (Å²) in [4.78, 5) is 12.0. The van der Waals surface area contributed by atoms with E-state index in [0.29, 0.717) is 5.92 Å².